The predicted octanol–water partition coefficient (Wildman–Crippen LogP) is 3.70. The monoisotopic (exact) mass is 698 g/mol. The maximum Gasteiger partial charge on any atom is 0.408 e. The van der Waals surface area contributed by atoms with Crippen molar-refractivity contribution >= 4 is 35.9 Å². The molecule has 4 N–H and O–H groups in total. The van der Waals surface area contributed by atoms with E-state index < -0.39 is 71.7 Å². The molecule has 2 aromatic carbocycles. The van der Waals surface area contributed by atoms with Crippen molar-refractivity contribution in [3.8, 4) is 0 Å². The van der Waals surface area contributed by atoms with Gasteiger partial charge in [0.1, 0.15) is 35.9 Å². The number of esters is 2. The standard InChI is InChI=1S/C36H50N4O10/c1-35(2,3)49-33(45)39-26(31(43)38-28(32(44)47-7)21-24-15-10-8-11-16-24)19-14-20-37-30(42)27(40-34(46)50-36(4,5)6)22-29(41)48-23-25-17-12-9-13-18-25/h8-13,15-18,26-28H,14,19-23H2,1-7H3,(H,37,42)(H,38,43)(H,39,45)(H,40,46)/t26-,27-,28+/m0/s1. The molecule has 0 aromatic heterocycles. The Morgan fingerprint density at radius 2 is 1.18 bits per heavy atom. The Bertz CT molecular complexity index is 1420. The molecule has 0 aliphatic heterocycles. The highest BCUT2D eigenvalue weighted by molar-refractivity contribution is 5.90. The van der Waals surface area contributed by atoms with E-state index in [1.54, 1.807) is 90.1 Å². The quantitative estimate of drug-likeness (QED) is 0.114. The molecule has 2 aromatic rings. The second kappa shape index (κ2) is 19.8. The third-order valence-corrected chi connectivity index (χ3v) is 6.68. The number of alkyl carbamates (subject to hydrolysis) is 2. The lowest BCUT2D eigenvalue weighted by atomic mass is 10.0. The Kier molecular flexibility index (Phi) is 16.2. The third-order valence-electron chi connectivity index (χ3n) is 6.68. The second-order valence-corrected chi connectivity index (χ2v) is 13.5. The molecule has 0 fully saturated rings. The molecule has 3 atom stereocenters. The summed E-state index contributed by atoms with van der Waals surface area (Å²) in [5.41, 5.74) is -0.178. The number of benzene rings is 2. The molecular formula is C36H50N4O10. The molecule has 14 heteroatoms. The van der Waals surface area contributed by atoms with Gasteiger partial charge in [-0.3, -0.25) is 14.4 Å². The maximum atomic E-state index is 13.4. The van der Waals surface area contributed by atoms with Crippen LogP contribution < -0.4 is 21.3 Å². The van der Waals surface area contributed by atoms with Gasteiger partial charge in [0.05, 0.1) is 13.5 Å². The first-order valence-electron chi connectivity index (χ1n) is 16.3. The number of hydrogen-bond donors (Lipinski definition) is 4. The van der Waals surface area contributed by atoms with Crippen molar-refractivity contribution in [2.45, 2.75) is 103 Å². The summed E-state index contributed by atoms with van der Waals surface area (Å²) in [6.45, 7) is 9.95. The van der Waals surface area contributed by atoms with Crippen LogP contribution >= 0.6 is 0 Å². The van der Waals surface area contributed by atoms with E-state index in [0.717, 1.165) is 11.1 Å². The van der Waals surface area contributed by atoms with E-state index in [-0.39, 0.29) is 32.4 Å². The van der Waals surface area contributed by atoms with Gasteiger partial charge in [0, 0.05) is 13.0 Å². The summed E-state index contributed by atoms with van der Waals surface area (Å²) >= 11 is 0. The first kappa shape index (κ1) is 41.0. The van der Waals surface area contributed by atoms with Crippen LogP contribution in [0.15, 0.2) is 60.7 Å². The van der Waals surface area contributed by atoms with Crippen LogP contribution in [0, 0.1) is 0 Å². The average Bonchev–Trinajstić information content (AvgIpc) is 3.03. The minimum Gasteiger partial charge on any atom is -0.467 e. The molecule has 274 valence electrons. The van der Waals surface area contributed by atoms with Crippen molar-refractivity contribution in [2.24, 2.45) is 0 Å². The topological polar surface area (TPSA) is 187 Å². The second-order valence-electron chi connectivity index (χ2n) is 13.5. The zero-order valence-corrected chi connectivity index (χ0v) is 29.8. The van der Waals surface area contributed by atoms with Crippen LogP contribution in [0.4, 0.5) is 9.59 Å². The molecular weight excluding hydrogens is 648 g/mol. The Balaban J connectivity index is 2.10. The van der Waals surface area contributed by atoms with Crippen LogP contribution in [-0.4, -0.2) is 78.9 Å². The van der Waals surface area contributed by atoms with Crippen LogP contribution in [0.5, 0.6) is 0 Å². The van der Waals surface area contributed by atoms with Crippen LogP contribution in [0.25, 0.3) is 0 Å². The number of amides is 4. The van der Waals surface area contributed by atoms with E-state index in [0.29, 0.717) is 0 Å². The number of carbonyl (C=O) groups excluding carboxylic acids is 6. The molecule has 0 aliphatic carbocycles. The molecule has 2 rings (SSSR count). The molecule has 4 amide bonds. The van der Waals surface area contributed by atoms with Crippen LogP contribution in [-0.2, 0) is 51.2 Å². The summed E-state index contributed by atoms with van der Waals surface area (Å²) < 4.78 is 20.8. The Labute approximate surface area is 293 Å². The normalized spacial score (nSPS) is 13.0. The zero-order valence-electron chi connectivity index (χ0n) is 29.8. The zero-order chi connectivity index (χ0) is 37.3. The fourth-order valence-electron chi connectivity index (χ4n) is 4.44. The fourth-order valence-corrected chi connectivity index (χ4v) is 4.44. The molecule has 0 spiro atoms. The number of hydrogen-bond acceptors (Lipinski definition) is 10. The molecule has 50 heavy (non-hydrogen) atoms. The highest BCUT2D eigenvalue weighted by Gasteiger charge is 2.30. The first-order valence-corrected chi connectivity index (χ1v) is 16.3. The Morgan fingerprint density at radius 3 is 1.70 bits per heavy atom. The summed E-state index contributed by atoms with van der Waals surface area (Å²) in [6, 6.07) is 14.5. The summed E-state index contributed by atoms with van der Waals surface area (Å²) in [4.78, 5) is 77.0. The maximum absolute atomic E-state index is 13.4. The summed E-state index contributed by atoms with van der Waals surface area (Å²) in [5.74, 6) is -2.75. The fraction of sp³-hybridized carbons (Fsp3) is 0.500. The number of rotatable bonds is 16. The predicted molar refractivity (Wildman–Crippen MR) is 184 cm³/mol. The molecule has 0 radical (unpaired) electrons. The van der Waals surface area contributed by atoms with Gasteiger partial charge in [-0.15, -0.1) is 0 Å². The smallest absolute Gasteiger partial charge is 0.408 e. The van der Waals surface area contributed by atoms with Crippen LogP contribution in [0.2, 0.25) is 0 Å². The van der Waals surface area contributed by atoms with Gasteiger partial charge >= 0.3 is 24.1 Å². The van der Waals surface area contributed by atoms with Gasteiger partial charge in [0.15, 0.2) is 0 Å². The SMILES string of the molecule is COC(=O)[C@@H](Cc1ccccc1)NC(=O)[C@H](CCCNC(=O)[C@H](CC(=O)OCc1ccccc1)NC(=O)OC(C)(C)C)NC(=O)OC(C)(C)C. The first-order chi connectivity index (χ1) is 23.5. The minimum absolute atomic E-state index is 0.00534. The van der Waals surface area contributed by atoms with Gasteiger partial charge in [-0.05, 0) is 65.5 Å². The Morgan fingerprint density at radius 1 is 0.660 bits per heavy atom. The summed E-state index contributed by atoms with van der Waals surface area (Å²) in [7, 11) is 1.21. The van der Waals surface area contributed by atoms with Crippen molar-refractivity contribution in [1.82, 2.24) is 21.3 Å². The van der Waals surface area contributed by atoms with Gasteiger partial charge in [0.25, 0.3) is 0 Å². The minimum atomic E-state index is -1.33. The largest absolute Gasteiger partial charge is 0.467 e. The van der Waals surface area contributed by atoms with E-state index in [1.807, 2.05) is 12.1 Å². The van der Waals surface area contributed by atoms with Crippen LogP contribution in [0.1, 0.15) is 71.9 Å². The summed E-state index contributed by atoms with van der Waals surface area (Å²) in [6.07, 6.45) is -1.89. The van der Waals surface area contributed by atoms with E-state index in [9.17, 15) is 28.8 Å². The molecule has 0 aliphatic rings. The lowest BCUT2D eigenvalue weighted by Gasteiger charge is -2.25. The van der Waals surface area contributed by atoms with Gasteiger partial charge < -0.3 is 40.2 Å². The Hall–Kier alpha value is -5.14. The third kappa shape index (κ3) is 16.8. The van der Waals surface area contributed by atoms with Gasteiger partial charge in [0.2, 0.25) is 11.8 Å². The highest BCUT2D eigenvalue weighted by Crippen LogP contribution is 2.11. The van der Waals surface area contributed by atoms with E-state index in [1.165, 1.54) is 7.11 Å². The van der Waals surface area contributed by atoms with Crippen LogP contribution in [0.3, 0.4) is 0 Å². The molecule has 0 saturated carbocycles. The lowest BCUT2D eigenvalue weighted by Crippen LogP contribution is -2.53. The average molecular weight is 699 g/mol. The summed E-state index contributed by atoms with van der Waals surface area (Å²) in [5, 5.41) is 10.3. The molecule has 0 bridgehead atoms. The lowest BCUT2D eigenvalue weighted by molar-refractivity contribution is -0.147. The highest BCUT2D eigenvalue weighted by atomic mass is 16.6. The number of methoxy groups -OCH3 is 1. The van der Waals surface area contributed by atoms with Crippen molar-refractivity contribution < 1.29 is 47.7 Å². The number of ether oxygens (including phenoxy) is 4. The number of nitrogens with one attached hydrogen (secondary N) is 4. The van der Waals surface area contributed by atoms with Crippen molar-refractivity contribution in [3.05, 3.63) is 71.8 Å². The molecule has 0 unspecified atom stereocenters. The van der Waals surface area contributed by atoms with E-state index in [2.05, 4.69) is 21.3 Å². The van der Waals surface area contributed by atoms with Crippen molar-refractivity contribution in [2.75, 3.05) is 13.7 Å². The van der Waals surface area contributed by atoms with E-state index >= 15 is 0 Å². The molecule has 0 saturated heterocycles. The number of carbonyl (C=O) groups is 6. The van der Waals surface area contributed by atoms with Gasteiger partial charge in [-0.1, -0.05) is 60.7 Å². The van der Waals surface area contributed by atoms with Gasteiger partial charge in [-0.25, -0.2) is 14.4 Å². The van der Waals surface area contributed by atoms with E-state index in [4.69, 9.17) is 18.9 Å². The van der Waals surface area contributed by atoms with Gasteiger partial charge in [-0.2, -0.15) is 0 Å². The van der Waals surface area contributed by atoms with Crippen molar-refractivity contribution in [3.63, 3.8) is 0 Å². The van der Waals surface area contributed by atoms with Crippen molar-refractivity contribution in [1.29, 1.82) is 0 Å². The molecule has 0 heterocycles. The molecule has 14 nitrogen and oxygen atoms in total.